The number of halogens is 1. The zero-order chi connectivity index (χ0) is 21.1. The molecule has 1 amide bonds. The van der Waals surface area contributed by atoms with Gasteiger partial charge in [0.25, 0.3) is 5.91 Å². The lowest BCUT2D eigenvalue weighted by Gasteiger charge is -2.06. The predicted octanol–water partition coefficient (Wildman–Crippen LogP) is 4.21. The van der Waals surface area contributed by atoms with E-state index in [1.807, 2.05) is 0 Å². The minimum atomic E-state index is -1.14. The molecule has 0 saturated carbocycles. The van der Waals surface area contributed by atoms with Crippen LogP contribution in [-0.4, -0.2) is 27.8 Å². The van der Waals surface area contributed by atoms with Crippen molar-refractivity contribution in [1.82, 2.24) is 5.43 Å². The van der Waals surface area contributed by atoms with E-state index in [1.54, 1.807) is 36.6 Å². The summed E-state index contributed by atoms with van der Waals surface area (Å²) in [5.41, 5.74) is 9.93. The summed E-state index contributed by atoms with van der Waals surface area (Å²) < 4.78 is 0. The highest BCUT2D eigenvalue weighted by molar-refractivity contribution is 7.14. The number of hydrazone groups is 1. The van der Waals surface area contributed by atoms with Crippen LogP contribution in [0.2, 0.25) is 5.02 Å². The van der Waals surface area contributed by atoms with Gasteiger partial charge in [-0.05, 0) is 42.8 Å². The summed E-state index contributed by atoms with van der Waals surface area (Å²) >= 11 is 7.23. The van der Waals surface area contributed by atoms with E-state index in [4.69, 9.17) is 22.4 Å². The quantitative estimate of drug-likeness (QED) is 0.274. The molecule has 0 bridgehead atoms. The maximum absolute atomic E-state index is 12.3. The minimum Gasteiger partial charge on any atom is -0.506 e. The molecule has 5 N–H and O–H groups in total. The molecule has 148 valence electrons. The summed E-state index contributed by atoms with van der Waals surface area (Å²) in [6.45, 7) is 1.64. The van der Waals surface area contributed by atoms with Gasteiger partial charge < -0.3 is 15.9 Å². The normalized spacial score (nSPS) is 11.3. The van der Waals surface area contributed by atoms with E-state index >= 15 is 0 Å². The number of benzene rings is 2. The summed E-state index contributed by atoms with van der Waals surface area (Å²) in [5.74, 6) is -1.67. The number of thiophene rings is 1. The van der Waals surface area contributed by atoms with Gasteiger partial charge in [0, 0.05) is 16.1 Å². The van der Waals surface area contributed by atoms with Gasteiger partial charge in [0.15, 0.2) is 0 Å². The molecule has 0 atom stereocenters. The number of carbonyl (C=O) groups is 2. The van der Waals surface area contributed by atoms with Crippen LogP contribution < -0.4 is 11.2 Å². The molecular weight excluding hydrogens is 414 g/mol. The summed E-state index contributed by atoms with van der Waals surface area (Å²) in [4.78, 5) is 23.9. The Labute approximate surface area is 175 Å². The lowest BCUT2D eigenvalue weighted by atomic mass is 10.1. The first-order valence-corrected chi connectivity index (χ1v) is 9.58. The van der Waals surface area contributed by atoms with Crippen molar-refractivity contribution in [3.8, 4) is 16.2 Å². The Hall–Kier alpha value is -3.36. The monoisotopic (exact) mass is 429 g/mol. The third-order valence-corrected chi connectivity index (χ3v) is 5.40. The molecule has 1 aromatic heterocycles. The van der Waals surface area contributed by atoms with Crippen molar-refractivity contribution in [1.29, 1.82) is 0 Å². The molecule has 0 spiro atoms. The number of hydrogen-bond acceptors (Lipinski definition) is 6. The Balaban J connectivity index is 1.79. The Kier molecular flexibility index (Phi) is 5.86. The Morgan fingerprint density at radius 3 is 2.45 bits per heavy atom. The van der Waals surface area contributed by atoms with E-state index in [0.29, 0.717) is 21.2 Å². The average molecular weight is 430 g/mol. The largest absolute Gasteiger partial charge is 0.506 e. The van der Waals surface area contributed by atoms with Crippen LogP contribution in [0.15, 0.2) is 52.9 Å². The lowest BCUT2D eigenvalue weighted by molar-refractivity contribution is 0.0696. The molecule has 0 unspecified atom stereocenters. The molecule has 7 nitrogen and oxygen atoms in total. The molecule has 0 aliphatic rings. The van der Waals surface area contributed by atoms with Gasteiger partial charge in [0.1, 0.15) is 5.75 Å². The smallest absolute Gasteiger partial charge is 0.335 e. The zero-order valence-electron chi connectivity index (χ0n) is 15.1. The molecule has 0 fully saturated rings. The van der Waals surface area contributed by atoms with Crippen LogP contribution in [0, 0.1) is 0 Å². The van der Waals surface area contributed by atoms with E-state index in [1.165, 1.54) is 29.5 Å². The average Bonchev–Trinajstić information content (AvgIpc) is 3.07. The van der Waals surface area contributed by atoms with E-state index in [-0.39, 0.29) is 22.6 Å². The molecule has 1 heterocycles. The maximum atomic E-state index is 12.3. The first-order chi connectivity index (χ1) is 13.8. The minimum absolute atomic E-state index is 0.0170. The van der Waals surface area contributed by atoms with Gasteiger partial charge in [-0.25, -0.2) is 10.2 Å². The number of nitrogen functional groups attached to an aromatic ring is 1. The number of anilines is 1. The summed E-state index contributed by atoms with van der Waals surface area (Å²) in [5, 5.41) is 25.9. The third-order valence-electron chi connectivity index (χ3n) is 4.13. The van der Waals surface area contributed by atoms with E-state index in [0.717, 1.165) is 5.56 Å². The van der Waals surface area contributed by atoms with Crippen molar-refractivity contribution in [2.45, 2.75) is 6.92 Å². The van der Waals surface area contributed by atoms with Crippen LogP contribution in [-0.2, 0) is 0 Å². The number of aromatic carboxylic acids is 1. The van der Waals surface area contributed by atoms with Crippen LogP contribution in [0.25, 0.3) is 10.4 Å². The van der Waals surface area contributed by atoms with Gasteiger partial charge >= 0.3 is 5.97 Å². The molecule has 29 heavy (non-hydrogen) atoms. The zero-order valence-corrected chi connectivity index (χ0v) is 16.7. The number of nitrogens with two attached hydrogens (primary N) is 1. The van der Waals surface area contributed by atoms with E-state index < -0.39 is 11.9 Å². The van der Waals surface area contributed by atoms with Crippen molar-refractivity contribution in [3.63, 3.8) is 0 Å². The van der Waals surface area contributed by atoms with Crippen molar-refractivity contribution in [2.24, 2.45) is 5.10 Å². The summed E-state index contributed by atoms with van der Waals surface area (Å²) in [7, 11) is 0. The number of carboxylic acids is 1. The molecule has 9 heteroatoms. The van der Waals surface area contributed by atoms with Gasteiger partial charge in [-0.15, -0.1) is 11.3 Å². The van der Waals surface area contributed by atoms with Gasteiger partial charge in [-0.1, -0.05) is 23.7 Å². The van der Waals surface area contributed by atoms with Crippen molar-refractivity contribution in [3.05, 3.63) is 69.6 Å². The highest BCUT2D eigenvalue weighted by Crippen LogP contribution is 2.39. The fourth-order valence-corrected chi connectivity index (χ4v) is 3.71. The molecule has 0 aliphatic carbocycles. The second-order valence-corrected chi connectivity index (χ2v) is 7.40. The van der Waals surface area contributed by atoms with E-state index in [2.05, 4.69) is 10.5 Å². The first kappa shape index (κ1) is 20.4. The molecule has 2 aromatic carbocycles. The Morgan fingerprint density at radius 1 is 1.14 bits per heavy atom. The van der Waals surface area contributed by atoms with Crippen molar-refractivity contribution in [2.75, 3.05) is 5.73 Å². The number of carboxylic acid groups (broad SMARTS) is 1. The van der Waals surface area contributed by atoms with E-state index in [9.17, 15) is 14.7 Å². The molecule has 3 aromatic rings. The molecule has 3 rings (SSSR count). The second-order valence-electron chi connectivity index (χ2n) is 6.08. The SMILES string of the molecule is CC(=NNC(=O)c1ccc(C(=O)O)cc1N)c1csc(-c2ccc(Cl)cc2)c1O. The first-order valence-electron chi connectivity index (χ1n) is 8.32. The van der Waals surface area contributed by atoms with Crippen LogP contribution in [0.1, 0.15) is 33.2 Å². The molecule has 0 radical (unpaired) electrons. The van der Waals surface area contributed by atoms with Crippen LogP contribution >= 0.6 is 22.9 Å². The number of aromatic hydroxyl groups is 1. The van der Waals surface area contributed by atoms with Crippen LogP contribution in [0.4, 0.5) is 5.69 Å². The summed E-state index contributed by atoms with van der Waals surface area (Å²) in [6.07, 6.45) is 0. The molecule has 0 aliphatic heterocycles. The Bertz CT molecular complexity index is 1120. The number of hydrogen-bond donors (Lipinski definition) is 4. The van der Waals surface area contributed by atoms with Crippen molar-refractivity contribution >= 4 is 46.2 Å². The van der Waals surface area contributed by atoms with Gasteiger partial charge in [-0.3, -0.25) is 4.79 Å². The number of rotatable bonds is 5. The third kappa shape index (κ3) is 4.39. The fourth-order valence-electron chi connectivity index (χ4n) is 2.57. The summed E-state index contributed by atoms with van der Waals surface area (Å²) in [6, 6.07) is 10.9. The molecular formula is C20H16ClN3O4S. The number of nitrogens with one attached hydrogen (secondary N) is 1. The Morgan fingerprint density at radius 2 is 1.83 bits per heavy atom. The lowest BCUT2D eigenvalue weighted by Crippen LogP contribution is -2.20. The van der Waals surface area contributed by atoms with Crippen LogP contribution in [0.5, 0.6) is 5.75 Å². The standard InChI is InChI=1S/C20H16ClN3O4S/c1-10(15-9-29-18(17(15)25)11-2-5-13(21)6-3-11)23-24-19(26)14-7-4-12(20(27)28)8-16(14)22/h2-9,25H,22H2,1H3,(H,24,26)(H,27,28). The highest BCUT2D eigenvalue weighted by atomic mass is 35.5. The second kappa shape index (κ2) is 8.34. The molecule has 0 saturated heterocycles. The predicted molar refractivity (Wildman–Crippen MR) is 114 cm³/mol. The van der Waals surface area contributed by atoms with Gasteiger partial charge in [0.05, 0.1) is 27.3 Å². The van der Waals surface area contributed by atoms with Gasteiger partial charge in [0.2, 0.25) is 0 Å². The fraction of sp³-hybridized carbons (Fsp3) is 0.0500. The topological polar surface area (TPSA) is 125 Å². The highest BCUT2D eigenvalue weighted by Gasteiger charge is 2.16. The number of amides is 1. The van der Waals surface area contributed by atoms with Crippen LogP contribution in [0.3, 0.4) is 0 Å². The number of nitrogens with zero attached hydrogens (tertiary/aromatic N) is 1. The van der Waals surface area contributed by atoms with Crippen molar-refractivity contribution < 1.29 is 19.8 Å². The number of carbonyl (C=O) groups excluding carboxylic acids is 1. The van der Waals surface area contributed by atoms with Gasteiger partial charge in [-0.2, -0.15) is 5.10 Å². The maximum Gasteiger partial charge on any atom is 0.335 e.